The molecular formula is C16H19NO5. The van der Waals surface area contributed by atoms with Crippen molar-refractivity contribution in [2.24, 2.45) is 5.92 Å². The van der Waals surface area contributed by atoms with Gasteiger partial charge in [-0.3, -0.25) is 9.59 Å². The molecule has 0 N–H and O–H groups in total. The largest absolute Gasteiger partial charge is 0.454 e. The Morgan fingerprint density at radius 2 is 2.05 bits per heavy atom. The number of nitrogens with zero attached hydrogens (tertiary/aromatic N) is 1. The molecule has 0 saturated carbocycles. The van der Waals surface area contributed by atoms with E-state index in [0.717, 1.165) is 0 Å². The van der Waals surface area contributed by atoms with Crippen LogP contribution in [0.5, 0.6) is 11.5 Å². The van der Waals surface area contributed by atoms with Crippen molar-refractivity contribution < 1.29 is 23.8 Å². The van der Waals surface area contributed by atoms with E-state index in [1.54, 1.807) is 32.2 Å². The van der Waals surface area contributed by atoms with Crippen LogP contribution in [-0.4, -0.2) is 49.7 Å². The molecule has 0 radical (unpaired) electrons. The Morgan fingerprint density at radius 3 is 2.77 bits per heavy atom. The molecule has 1 aromatic rings. The second kappa shape index (κ2) is 5.96. The van der Waals surface area contributed by atoms with Gasteiger partial charge < -0.3 is 19.1 Å². The Morgan fingerprint density at radius 1 is 1.27 bits per heavy atom. The molecular weight excluding hydrogens is 286 g/mol. The normalized spacial score (nSPS) is 20.7. The Labute approximate surface area is 128 Å². The Balaban J connectivity index is 1.72. The zero-order chi connectivity index (χ0) is 15.7. The summed E-state index contributed by atoms with van der Waals surface area (Å²) in [5.74, 6) is 0.900. The molecule has 2 unspecified atom stereocenters. The lowest BCUT2D eigenvalue weighted by molar-refractivity contribution is -0.135. The third kappa shape index (κ3) is 2.66. The average molecular weight is 305 g/mol. The van der Waals surface area contributed by atoms with Gasteiger partial charge in [0.25, 0.3) is 0 Å². The first-order valence-corrected chi connectivity index (χ1v) is 7.36. The van der Waals surface area contributed by atoms with Gasteiger partial charge in [-0.05, 0) is 31.5 Å². The van der Waals surface area contributed by atoms with Gasteiger partial charge in [-0.25, -0.2) is 0 Å². The van der Waals surface area contributed by atoms with Crippen molar-refractivity contribution >= 4 is 11.7 Å². The number of hydrogen-bond donors (Lipinski definition) is 0. The van der Waals surface area contributed by atoms with Gasteiger partial charge in [0, 0.05) is 19.2 Å². The smallest absolute Gasteiger partial charge is 0.231 e. The van der Waals surface area contributed by atoms with Crippen LogP contribution in [0.3, 0.4) is 0 Å². The molecule has 1 aromatic carbocycles. The minimum Gasteiger partial charge on any atom is -0.454 e. The van der Waals surface area contributed by atoms with Gasteiger partial charge in [0.1, 0.15) is 0 Å². The molecule has 6 heteroatoms. The van der Waals surface area contributed by atoms with E-state index in [2.05, 4.69) is 0 Å². The molecule has 3 rings (SSSR count). The predicted molar refractivity (Wildman–Crippen MR) is 78.1 cm³/mol. The molecule has 2 atom stereocenters. The highest BCUT2D eigenvalue weighted by Gasteiger charge is 2.31. The number of carbonyl (C=O) groups is 2. The molecule has 0 spiro atoms. The summed E-state index contributed by atoms with van der Waals surface area (Å²) in [5.41, 5.74) is 0.513. The van der Waals surface area contributed by atoms with Crippen LogP contribution in [-0.2, 0) is 9.53 Å². The van der Waals surface area contributed by atoms with Gasteiger partial charge in [0.2, 0.25) is 12.7 Å². The summed E-state index contributed by atoms with van der Waals surface area (Å²) >= 11 is 0. The van der Waals surface area contributed by atoms with E-state index in [1.807, 2.05) is 0 Å². The molecule has 118 valence electrons. The first-order valence-electron chi connectivity index (χ1n) is 7.36. The molecule has 2 aliphatic rings. The zero-order valence-corrected chi connectivity index (χ0v) is 12.7. The van der Waals surface area contributed by atoms with Crippen LogP contribution >= 0.6 is 0 Å². The maximum absolute atomic E-state index is 12.6. The Kier molecular flexibility index (Phi) is 4.02. The van der Waals surface area contributed by atoms with Crippen molar-refractivity contribution in [2.45, 2.75) is 19.4 Å². The fourth-order valence-corrected chi connectivity index (χ4v) is 2.68. The molecule has 2 heterocycles. The van der Waals surface area contributed by atoms with Gasteiger partial charge >= 0.3 is 0 Å². The number of ketones is 1. The van der Waals surface area contributed by atoms with Crippen LogP contribution in [0.25, 0.3) is 0 Å². The van der Waals surface area contributed by atoms with Crippen LogP contribution in [0.2, 0.25) is 0 Å². The first-order chi connectivity index (χ1) is 10.6. The van der Waals surface area contributed by atoms with Gasteiger partial charge in [-0.15, -0.1) is 0 Å². The van der Waals surface area contributed by atoms with Crippen molar-refractivity contribution in [1.29, 1.82) is 0 Å². The van der Waals surface area contributed by atoms with Crippen molar-refractivity contribution in [2.75, 3.05) is 27.1 Å². The number of carbonyl (C=O) groups excluding carboxylic acids is 2. The summed E-state index contributed by atoms with van der Waals surface area (Å²) in [6, 6.07) is 4.55. The van der Waals surface area contributed by atoms with Gasteiger partial charge in [0.05, 0.1) is 18.6 Å². The highest BCUT2D eigenvalue weighted by Crippen LogP contribution is 2.33. The topological polar surface area (TPSA) is 65.1 Å². The van der Waals surface area contributed by atoms with Crippen molar-refractivity contribution in [1.82, 2.24) is 4.90 Å². The predicted octanol–water partition coefficient (Wildman–Crippen LogP) is 1.48. The molecule has 1 fully saturated rings. The van der Waals surface area contributed by atoms with Crippen molar-refractivity contribution in [3.63, 3.8) is 0 Å². The fraction of sp³-hybridized carbons (Fsp3) is 0.500. The van der Waals surface area contributed by atoms with Crippen LogP contribution in [0.4, 0.5) is 0 Å². The zero-order valence-electron chi connectivity index (χ0n) is 12.7. The van der Waals surface area contributed by atoms with E-state index in [1.165, 1.54) is 4.90 Å². The summed E-state index contributed by atoms with van der Waals surface area (Å²) in [4.78, 5) is 26.4. The van der Waals surface area contributed by atoms with Gasteiger partial charge in [-0.1, -0.05) is 0 Å². The molecule has 2 aliphatic heterocycles. The molecule has 0 aliphatic carbocycles. The van der Waals surface area contributed by atoms with E-state index in [0.29, 0.717) is 36.7 Å². The van der Waals surface area contributed by atoms with E-state index in [9.17, 15) is 9.59 Å². The van der Waals surface area contributed by atoms with Crippen LogP contribution in [0, 0.1) is 5.92 Å². The average Bonchev–Trinajstić information content (AvgIpc) is 3.22. The van der Waals surface area contributed by atoms with Gasteiger partial charge in [0.15, 0.2) is 17.3 Å². The van der Waals surface area contributed by atoms with E-state index in [4.69, 9.17) is 14.2 Å². The molecule has 0 aromatic heterocycles. The second-order valence-corrected chi connectivity index (χ2v) is 5.62. The third-order valence-electron chi connectivity index (χ3n) is 4.24. The molecule has 1 amide bonds. The van der Waals surface area contributed by atoms with E-state index < -0.39 is 6.04 Å². The minimum absolute atomic E-state index is 0.0425. The summed E-state index contributed by atoms with van der Waals surface area (Å²) in [7, 11) is 1.66. The maximum atomic E-state index is 12.6. The van der Waals surface area contributed by atoms with E-state index in [-0.39, 0.29) is 24.4 Å². The molecule has 22 heavy (non-hydrogen) atoms. The Hall–Kier alpha value is -2.08. The van der Waals surface area contributed by atoms with Gasteiger partial charge in [-0.2, -0.15) is 0 Å². The van der Waals surface area contributed by atoms with Crippen LogP contribution < -0.4 is 9.47 Å². The first kappa shape index (κ1) is 14.8. The second-order valence-electron chi connectivity index (χ2n) is 5.62. The molecule has 0 bridgehead atoms. The minimum atomic E-state index is -0.534. The lowest BCUT2D eigenvalue weighted by Gasteiger charge is -2.26. The number of likely N-dealkylation sites (N-methyl/N-ethyl adjacent to an activating group) is 1. The SMILES string of the molecule is CC(C(=O)c1ccc2c(c1)OCO2)N(C)C(=O)C1CCOC1. The number of rotatable bonds is 4. The van der Waals surface area contributed by atoms with Crippen LogP contribution in [0.15, 0.2) is 18.2 Å². The number of hydrogen-bond acceptors (Lipinski definition) is 5. The summed E-state index contributed by atoms with van der Waals surface area (Å²) < 4.78 is 15.8. The van der Waals surface area contributed by atoms with E-state index >= 15 is 0 Å². The number of amides is 1. The number of ether oxygens (including phenoxy) is 3. The summed E-state index contributed by atoms with van der Waals surface area (Å²) in [6.07, 6.45) is 0.716. The number of benzene rings is 1. The van der Waals surface area contributed by atoms with Crippen LogP contribution in [0.1, 0.15) is 23.7 Å². The number of Topliss-reactive ketones (excluding diaryl/α,β-unsaturated/α-hetero) is 1. The summed E-state index contributed by atoms with van der Waals surface area (Å²) in [6.45, 7) is 2.95. The Bertz CT molecular complexity index is 594. The monoisotopic (exact) mass is 305 g/mol. The lowest BCUT2D eigenvalue weighted by Crippen LogP contribution is -2.43. The highest BCUT2D eigenvalue weighted by molar-refractivity contribution is 6.02. The highest BCUT2D eigenvalue weighted by atomic mass is 16.7. The summed E-state index contributed by atoms with van der Waals surface area (Å²) in [5, 5.41) is 0. The number of fused-ring (bicyclic) bond motifs is 1. The molecule has 1 saturated heterocycles. The standard InChI is InChI=1S/C16H19NO5/c1-10(17(2)16(19)12-5-6-20-8-12)15(18)11-3-4-13-14(7-11)22-9-21-13/h3-4,7,10,12H,5-6,8-9H2,1-2H3. The fourth-order valence-electron chi connectivity index (χ4n) is 2.68. The quantitative estimate of drug-likeness (QED) is 0.788. The third-order valence-corrected chi connectivity index (χ3v) is 4.24. The van der Waals surface area contributed by atoms with Crippen molar-refractivity contribution in [3.05, 3.63) is 23.8 Å². The maximum Gasteiger partial charge on any atom is 0.231 e. The lowest BCUT2D eigenvalue weighted by atomic mass is 10.0. The van der Waals surface area contributed by atoms with Crippen molar-refractivity contribution in [3.8, 4) is 11.5 Å². The molecule has 6 nitrogen and oxygen atoms in total.